The fraction of sp³-hybridized carbons (Fsp3) is 0.250. The Morgan fingerprint density at radius 1 is 1.11 bits per heavy atom. The van der Waals surface area contributed by atoms with Gasteiger partial charge in [-0.2, -0.15) is 0 Å². The van der Waals surface area contributed by atoms with Crippen molar-refractivity contribution < 1.29 is 4.74 Å². The van der Waals surface area contributed by atoms with E-state index in [1.165, 1.54) is 16.7 Å². The Morgan fingerprint density at radius 3 is 2.53 bits per heavy atom. The lowest BCUT2D eigenvalue weighted by Crippen LogP contribution is -2.04. The molecule has 0 aliphatic heterocycles. The molecule has 0 atom stereocenters. The Kier molecular flexibility index (Phi) is 5.00. The molecule has 100 valence electrons. The molecule has 0 aromatic heterocycles. The molecule has 2 N–H and O–H groups in total. The zero-order chi connectivity index (χ0) is 13.7. The van der Waals surface area contributed by atoms with Crippen LogP contribution in [0.5, 0.6) is 5.75 Å². The van der Waals surface area contributed by atoms with Gasteiger partial charge in [-0.3, -0.25) is 0 Å². The molecule has 0 aliphatic carbocycles. The first-order valence-corrected chi connectivity index (χ1v) is 7.15. The number of ether oxygens (including phenoxy) is 1. The average Bonchev–Trinajstić information content (AvgIpc) is 2.42. The molecule has 2 rings (SSSR count). The predicted molar refractivity (Wildman–Crippen MR) is 82.4 cm³/mol. The summed E-state index contributed by atoms with van der Waals surface area (Å²) in [5.41, 5.74) is 9.22. The maximum Gasteiger partial charge on any atom is 0.120 e. The molecule has 2 nitrogen and oxygen atoms in total. The smallest absolute Gasteiger partial charge is 0.120 e. The van der Waals surface area contributed by atoms with Gasteiger partial charge in [0.05, 0.1) is 0 Å². The number of aryl methyl sites for hydroxylation is 1. The molecule has 0 bridgehead atoms. The lowest BCUT2D eigenvalue weighted by molar-refractivity contribution is 0.306. The molecule has 0 spiro atoms. The number of hydrogen-bond acceptors (Lipinski definition) is 2. The van der Waals surface area contributed by atoms with Crippen LogP contribution in [0.15, 0.2) is 46.9 Å². The summed E-state index contributed by atoms with van der Waals surface area (Å²) in [5.74, 6) is 0.882. The van der Waals surface area contributed by atoms with Crippen molar-refractivity contribution in [3.05, 3.63) is 63.6 Å². The lowest BCUT2D eigenvalue weighted by Gasteiger charge is -2.09. The van der Waals surface area contributed by atoms with Crippen molar-refractivity contribution in [2.24, 2.45) is 5.73 Å². The zero-order valence-corrected chi connectivity index (χ0v) is 12.6. The Labute approximate surface area is 122 Å². The molecule has 2 aromatic carbocycles. The molecule has 0 saturated heterocycles. The van der Waals surface area contributed by atoms with Crippen LogP contribution in [-0.2, 0) is 13.0 Å². The first-order chi connectivity index (χ1) is 9.19. The molecule has 0 radical (unpaired) electrons. The summed E-state index contributed by atoms with van der Waals surface area (Å²) in [5, 5.41) is 0. The van der Waals surface area contributed by atoms with Crippen LogP contribution in [0.1, 0.15) is 16.7 Å². The second-order valence-corrected chi connectivity index (χ2v) is 5.42. The number of hydrogen-bond donors (Lipinski definition) is 1. The third-order valence-corrected chi connectivity index (χ3v) is 3.73. The van der Waals surface area contributed by atoms with Gasteiger partial charge in [0.1, 0.15) is 12.4 Å². The first kappa shape index (κ1) is 14.1. The summed E-state index contributed by atoms with van der Waals surface area (Å²) >= 11 is 3.52. The van der Waals surface area contributed by atoms with E-state index in [1.807, 2.05) is 18.2 Å². The van der Waals surface area contributed by atoms with Gasteiger partial charge < -0.3 is 10.5 Å². The quantitative estimate of drug-likeness (QED) is 0.908. The van der Waals surface area contributed by atoms with E-state index in [2.05, 4.69) is 47.1 Å². The zero-order valence-electron chi connectivity index (χ0n) is 11.0. The van der Waals surface area contributed by atoms with Gasteiger partial charge in [0.15, 0.2) is 0 Å². The summed E-state index contributed by atoms with van der Waals surface area (Å²) in [7, 11) is 0. The van der Waals surface area contributed by atoms with Gasteiger partial charge in [0.25, 0.3) is 0 Å². The minimum absolute atomic E-state index is 0.587. The molecule has 3 heteroatoms. The highest BCUT2D eigenvalue weighted by atomic mass is 79.9. The number of halogens is 1. The summed E-state index contributed by atoms with van der Waals surface area (Å²) < 4.78 is 6.90. The fourth-order valence-electron chi connectivity index (χ4n) is 1.84. The second-order valence-electron chi connectivity index (χ2n) is 4.57. The van der Waals surface area contributed by atoms with Gasteiger partial charge >= 0.3 is 0 Å². The van der Waals surface area contributed by atoms with Crippen LogP contribution in [0.4, 0.5) is 0 Å². The van der Waals surface area contributed by atoms with E-state index in [0.29, 0.717) is 13.2 Å². The van der Waals surface area contributed by atoms with Crippen LogP contribution in [0.2, 0.25) is 0 Å². The van der Waals surface area contributed by atoms with E-state index >= 15 is 0 Å². The normalized spacial score (nSPS) is 10.5. The van der Waals surface area contributed by atoms with Crippen molar-refractivity contribution in [2.75, 3.05) is 6.54 Å². The topological polar surface area (TPSA) is 35.2 Å². The molecule has 2 aromatic rings. The minimum Gasteiger partial charge on any atom is -0.489 e. The highest BCUT2D eigenvalue weighted by molar-refractivity contribution is 9.10. The molecule has 0 aliphatic rings. The molecule has 0 heterocycles. The Bertz CT molecular complexity index is 537. The van der Waals surface area contributed by atoms with E-state index in [1.54, 1.807) is 0 Å². The lowest BCUT2D eigenvalue weighted by atomic mass is 10.1. The maximum atomic E-state index is 5.81. The molecule has 0 amide bonds. The Balaban J connectivity index is 2.03. The molecule has 0 fully saturated rings. The van der Waals surface area contributed by atoms with Crippen LogP contribution in [0.25, 0.3) is 0 Å². The van der Waals surface area contributed by atoms with Gasteiger partial charge in [0, 0.05) is 4.47 Å². The van der Waals surface area contributed by atoms with Crippen LogP contribution in [0.3, 0.4) is 0 Å². The number of nitrogens with two attached hydrogens (primary N) is 1. The Morgan fingerprint density at radius 2 is 1.84 bits per heavy atom. The van der Waals surface area contributed by atoms with Crippen molar-refractivity contribution in [2.45, 2.75) is 20.0 Å². The van der Waals surface area contributed by atoms with Crippen LogP contribution in [0, 0.1) is 6.92 Å². The highest BCUT2D eigenvalue weighted by Gasteiger charge is 2.02. The van der Waals surface area contributed by atoms with Crippen molar-refractivity contribution >= 4 is 15.9 Å². The average molecular weight is 320 g/mol. The predicted octanol–water partition coefficient (Wildman–Crippen LogP) is 3.84. The molecular weight excluding hydrogens is 302 g/mol. The molecular formula is C16H18BrNO. The molecule has 0 unspecified atom stereocenters. The van der Waals surface area contributed by atoms with Gasteiger partial charge in [-0.1, -0.05) is 45.8 Å². The van der Waals surface area contributed by atoms with Crippen LogP contribution in [-0.4, -0.2) is 6.54 Å². The van der Waals surface area contributed by atoms with Crippen molar-refractivity contribution in [3.8, 4) is 5.75 Å². The van der Waals surface area contributed by atoms with Crippen LogP contribution < -0.4 is 10.5 Å². The van der Waals surface area contributed by atoms with Crippen LogP contribution >= 0.6 is 15.9 Å². The van der Waals surface area contributed by atoms with Crippen molar-refractivity contribution in [1.29, 1.82) is 0 Å². The summed E-state index contributed by atoms with van der Waals surface area (Å²) in [6, 6.07) is 14.4. The molecule has 19 heavy (non-hydrogen) atoms. The maximum absolute atomic E-state index is 5.81. The van der Waals surface area contributed by atoms with E-state index in [0.717, 1.165) is 16.6 Å². The minimum atomic E-state index is 0.587. The van der Waals surface area contributed by atoms with Gasteiger partial charge in [0.2, 0.25) is 0 Å². The second kappa shape index (κ2) is 6.73. The standard InChI is InChI=1S/C16H18BrNO/c1-12-2-4-13(5-3-12)11-19-15-6-7-16(17)14(10-15)8-9-18/h2-7,10H,8-9,11,18H2,1H3. The van der Waals surface area contributed by atoms with Crippen molar-refractivity contribution in [1.82, 2.24) is 0 Å². The summed E-state index contributed by atoms with van der Waals surface area (Å²) in [4.78, 5) is 0. The number of rotatable bonds is 5. The van der Waals surface area contributed by atoms with E-state index < -0.39 is 0 Å². The number of benzene rings is 2. The van der Waals surface area contributed by atoms with Crippen molar-refractivity contribution in [3.63, 3.8) is 0 Å². The van der Waals surface area contributed by atoms with E-state index in [4.69, 9.17) is 10.5 Å². The fourth-order valence-corrected chi connectivity index (χ4v) is 2.28. The third kappa shape index (κ3) is 4.08. The van der Waals surface area contributed by atoms with E-state index in [9.17, 15) is 0 Å². The largest absolute Gasteiger partial charge is 0.489 e. The molecule has 0 saturated carbocycles. The summed E-state index contributed by atoms with van der Waals surface area (Å²) in [6.07, 6.45) is 0.850. The van der Waals surface area contributed by atoms with Gasteiger partial charge in [-0.05, 0) is 49.2 Å². The SMILES string of the molecule is Cc1ccc(COc2ccc(Br)c(CCN)c2)cc1. The first-order valence-electron chi connectivity index (χ1n) is 6.36. The monoisotopic (exact) mass is 319 g/mol. The summed E-state index contributed by atoms with van der Waals surface area (Å²) in [6.45, 7) is 3.31. The van der Waals surface area contributed by atoms with Gasteiger partial charge in [-0.15, -0.1) is 0 Å². The van der Waals surface area contributed by atoms with E-state index in [-0.39, 0.29) is 0 Å². The van der Waals surface area contributed by atoms with Gasteiger partial charge in [-0.25, -0.2) is 0 Å². The highest BCUT2D eigenvalue weighted by Crippen LogP contribution is 2.23. The third-order valence-electron chi connectivity index (χ3n) is 2.96. The Hall–Kier alpha value is -1.32.